The molecular weight excluding hydrogens is 347 g/mol. The highest BCUT2D eigenvalue weighted by molar-refractivity contribution is 5.77. The van der Waals surface area contributed by atoms with Gasteiger partial charge in [-0.3, -0.25) is 4.79 Å². The van der Waals surface area contributed by atoms with Crippen molar-refractivity contribution in [2.24, 2.45) is 0 Å². The van der Waals surface area contributed by atoms with Crippen LogP contribution in [0.5, 0.6) is 5.88 Å². The maximum absolute atomic E-state index is 12.9. The van der Waals surface area contributed by atoms with Gasteiger partial charge in [0.2, 0.25) is 11.8 Å². The van der Waals surface area contributed by atoms with Gasteiger partial charge in [0.05, 0.1) is 0 Å². The molecular formula is C20H25FN4O2. The Labute approximate surface area is 158 Å². The van der Waals surface area contributed by atoms with Gasteiger partial charge >= 0.3 is 0 Å². The average molecular weight is 372 g/mol. The number of aryl methyl sites for hydroxylation is 1. The number of hydrogen-bond acceptors (Lipinski definition) is 5. The van der Waals surface area contributed by atoms with Crippen molar-refractivity contribution in [3.8, 4) is 5.88 Å². The third-order valence-electron chi connectivity index (χ3n) is 4.71. The number of piperidine rings is 1. The highest BCUT2D eigenvalue weighted by Gasteiger charge is 2.17. The van der Waals surface area contributed by atoms with Crippen molar-refractivity contribution in [3.05, 3.63) is 46.9 Å². The summed E-state index contributed by atoms with van der Waals surface area (Å²) < 4.78 is 18.6. The van der Waals surface area contributed by atoms with E-state index in [1.54, 1.807) is 12.1 Å². The lowest BCUT2D eigenvalue weighted by atomic mass is 10.1. The summed E-state index contributed by atoms with van der Waals surface area (Å²) in [5, 5.41) is 2.76. The van der Waals surface area contributed by atoms with E-state index in [2.05, 4.69) is 20.2 Å². The van der Waals surface area contributed by atoms with Crippen molar-refractivity contribution < 1.29 is 13.9 Å². The van der Waals surface area contributed by atoms with Gasteiger partial charge in [-0.25, -0.2) is 9.37 Å². The van der Waals surface area contributed by atoms with Crippen molar-refractivity contribution in [3.63, 3.8) is 0 Å². The molecule has 7 heteroatoms. The summed E-state index contributed by atoms with van der Waals surface area (Å²) in [5.74, 6) is 0.557. The minimum Gasteiger partial charge on any atom is -0.467 e. The number of halogens is 1. The van der Waals surface area contributed by atoms with Crippen LogP contribution < -0.4 is 15.0 Å². The highest BCUT2D eigenvalue weighted by atomic mass is 19.1. The highest BCUT2D eigenvalue weighted by Crippen LogP contribution is 2.23. The Morgan fingerprint density at radius 1 is 1.15 bits per heavy atom. The number of aromatic nitrogens is 2. The number of benzene rings is 1. The molecule has 3 rings (SSSR count). The average Bonchev–Trinajstić information content (AvgIpc) is 2.69. The molecule has 27 heavy (non-hydrogen) atoms. The van der Waals surface area contributed by atoms with Gasteiger partial charge in [-0.1, -0.05) is 12.1 Å². The number of amides is 1. The zero-order valence-electron chi connectivity index (χ0n) is 15.8. The van der Waals surface area contributed by atoms with E-state index in [4.69, 9.17) is 4.74 Å². The number of rotatable bonds is 6. The molecule has 1 saturated heterocycles. The Morgan fingerprint density at radius 2 is 1.85 bits per heavy atom. The number of carbonyl (C=O) groups is 1. The van der Waals surface area contributed by atoms with E-state index in [0.717, 1.165) is 42.8 Å². The van der Waals surface area contributed by atoms with E-state index >= 15 is 0 Å². The zero-order chi connectivity index (χ0) is 19.2. The van der Waals surface area contributed by atoms with E-state index in [9.17, 15) is 9.18 Å². The first-order chi connectivity index (χ1) is 13.0. The normalized spacial score (nSPS) is 14.1. The summed E-state index contributed by atoms with van der Waals surface area (Å²) in [6.45, 7) is 5.90. The van der Waals surface area contributed by atoms with Gasteiger partial charge in [-0.05, 0) is 50.8 Å². The van der Waals surface area contributed by atoms with Crippen LogP contribution in [0.2, 0.25) is 0 Å². The number of anilines is 1. The SMILES string of the molecule is Cc1nc(N2CCCCC2)nc(OCC(=O)NCc2ccc(F)cc2)c1C. The van der Waals surface area contributed by atoms with Crippen molar-refractivity contribution >= 4 is 11.9 Å². The van der Waals surface area contributed by atoms with Gasteiger partial charge in [-0.2, -0.15) is 4.98 Å². The molecule has 1 aliphatic heterocycles. The lowest BCUT2D eigenvalue weighted by Crippen LogP contribution is -2.32. The Bertz CT molecular complexity index is 789. The van der Waals surface area contributed by atoms with E-state index in [-0.39, 0.29) is 18.3 Å². The number of carbonyl (C=O) groups excluding carboxylic acids is 1. The molecule has 0 saturated carbocycles. The molecule has 0 radical (unpaired) electrons. The van der Waals surface area contributed by atoms with E-state index in [1.807, 2.05) is 13.8 Å². The van der Waals surface area contributed by atoms with Gasteiger partial charge in [0.1, 0.15) is 5.82 Å². The molecule has 6 nitrogen and oxygen atoms in total. The number of nitrogens with zero attached hydrogens (tertiary/aromatic N) is 3. The Kier molecular flexibility index (Phi) is 6.21. The number of nitrogens with one attached hydrogen (secondary N) is 1. The van der Waals surface area contributed by atoms with Crippen LogP contribution in [0.4, 0.5) is 10.3 Å². The van der Waals surface area contributed by atoms with Gasteiger partial charge in [0, 0.05) is 30.9 Å². The quantitative estimate of drug-likeness (QED) is 0.844. The maximum atomic E-state index is 12.9. The van der Waals surface area contributed by atoms with Crippen LogP contribution >= 0.6 is 0 Å². The maximum Gasteiger partial charge on any atom is 0.258 e. The molecule has 1 fully saturated rings. The number of ether oxygens (including phenoxy) is 1. The Balaban J connectivity index is 1.58. The first-order valence-corrected chi connectivity index (χ1v) is 9.27. The molecule has 1 aromatic heterocycles. The van der Waals surface area contributed by atoms with Gasteiger partial charge in [0.25, 0.3) is 5.91 Å². The summed E-state index contributed by atoms with van der Waals surface area (Å²) in [7, 11) is 0. The second-order valence-corrected chi connectivity index (χ2v) is 6.78. The molecule has 2 aromatic rings. The van der Waals surface area contributed by atoms with Crippen LogP contribution in [-0.4, -0.2) is 35.6 Å². The summed E-state index contributed by atoms with van der Waals surface area (Å²) in [4.78, 5) is 23.3. The fourth-order valence-electron chi connectivity index (χ4n) is 2.95. The first kappa shape index (κ1) is 19.1. The molecule has 0 unspecified atom stereocenters. The monoisotopic (exact) mass is 372 g/mol. The molecule has 0 atom stereocenters. The molecule has 1 amide bonds. The van der Waals surface area contributed by atoms with Crippen molar-refractivity contribution in [2.45, 2.75) is 39.7 Å². The third kappa shape index (κ3) is 5.15. The second-order valence-electron chi connectivity index (χ2n) is 6.78. The minimum absolute atomic E-state index is 0.127. The lowest BCUT2D eigenvalue weighted by molar-refractivity contribution is -0.123. The smallest absolute Gasteiger partial charge is 0.258 e. The lowest BCUT2D eigenvalue weighted by Gasteiger charge is -2.27. The first-order valence-electron chi connectivity index (χ1n) is 9.27. The fraction of sp³-hybridized carbons (Fsp3) is 0.450. The Morgan fingerprint density at radius 3 is 2.56 bits per heavy atom. The van der Waals surface area contributed by atoms with Gasteiger partial charge in [0.15, 0.2) is 6.61 Å². The molecule has 1 N–H and O–H groups in total. The summed E-state index contributed by atoms with van der Waals surface area (Å²) in [6, 6.07) is 6.01. The van der Waals surface area contributed by atoms with Crippen LogP contribution in [-0.2, 0) is 11.3 Å². The second kappa shape index (κ2) is 8.79. The molecule has 1 aliphatic rings. The summed E-state index contributed by atoms with van der Waals surface area (Å²) in [6.07, 6.45) is 3.51. The summed E-state index contributed by atoms with van der Waals surface area (Å²) in [5.41, 5.74) is 2.51. The predicted octanol–water partition coefficient (Wildman–Crippen LogP) is 2.92. The van der Waals surface area contributed by atoms with Crippen LogP contribution in [0, 0.1) is 19.7 Å². The van der Waals surface area contributed by atoms with E-state index in [1.165, 1.54) is 18.6 Å². The van der Waals surface area contributed by atoms with E-state index < -0.39 is 0 Å². The zero-order valence-corrected chi connectivity index (χ0v) is 15.8. The standard InChI is InChI=1S/C20H25FN4O2/c1-14-15(2)23-20(25-10-4-3-5-11-25)24-19(14)27-13-18(26)22-12-16-6-8-17(21)9-7-16/h6-9H,3-5,10-13H2,1-2H3,(H,22,26). The van der Waals surface area contributed by atoms with Crippen LogP contribution in [0.3, 0.4) is 0 Å². The topological polar surface area (TPSA) is 67.3 Å². The molecule has 0 spiro atoms. The van der Waals surface area contributed by atoms with Crippen molar-refractivity contribution in [1.82, 2.24) is 15.3 Å². The van der Waals surface area contributed by atoms with Gasteiger partial charge < -0.3 is 15.0 Å². The third-order valence-corrected chi connectivity index (χ3v) is 4.71. The summed E-state index contributed by atoms with van der Waals surface area (Å²) >= 11 is 0. The minimum atomic E-state index is -0.299. The predicted molar refractivity (Wildman–Crippen MR) is 101 cm³/mol. The van der Waals surface area contributed by atoms with Crippen molar-refractivity contribution in [1.29, 1.82) is 0 Å². The molecule has 0 bridgehead atoms. The molecule has 144 valence electrons. The largest absolute Gasteiger partial charge is 0.467 e. The van der Waals surface area contributed by atoms with Crippen molar-refractivity contribution in [2.75, 3.05) is 24.6 Å². The van der Waals surface area contributed by atoms with Crippen LogP contribution in [0.15, 0.2) is 24.3 Å². The fourth-order valence-corrected chi connectivity index (χ4v) is 2.95. The molecule has 1 aromatic carbocycles. The molecule has 0 aliphatic carbocycles. The molecule has 2 heterocycles. The Hall–Kier alpha value is -2.70. The van der Waals surface area contributed by atoms with E-state index in [0.29, 0.717) is 18.4 Å². The van der Waals surface area contributed by atoms with Gasteiger partial charge in [-0.15, -0.1) is 0 Å². The number of hydrogen-bond donors (Lipinski definition) is 1. The van der Waals surface area contributed by atoms with Crippen LogP contribution in [0.25, 0.3) is 0 Å². The van der Waals surface area contributed by atoms with Crippen LogP contribution in [0.1, 0.15) is 36.1 Å².